The summed E-state index contributed by atoms with van der Waals surface area (Å²) in [4.78, 5) is 13.5. The Balaban J connectivity index is 1.74. The molecule has 1 heterocycles. The number of piperidine rings is 1. The van der Waals surface area contributed by atoms with E-state index < -0.39 is 32.5 Å². The molecule has 0 spiro atoms. The molecule has 36 heavy (non-hydrogen) atoms. The number of benzene rings is 3. The minimum atomic E-state index is -4.10. The Kier molecular flexibility index (Phi) is 8.03. The zero-order chi connectivity index (χ0) is 25.6. The fourth-order valence-electron chi connectivity index (χ4n) is 4.76. The molecule has 3 aromatic rings. The second-order valence-electron chi connectivity index (χ2n) is 8.82. The van der Waals surface area contributed by atoms with Crippen molar-refractivity contribution in [3.8, 4) is 5.75 Å². The van der Waals surface area contributed by atoms with Crippen LogP contribution in [0, 0.1) is 5.82 Å². The number of amides is 1. The zero-order valence-corrected chi connectivity index (χ0v) is 20.9. The highest BCUT2D eigenvalue weighted by Gasteiger charge is 2.49. The Morgan fingerprint density at radius 3 is 2.31 bits per heavy atom. The highest BCUT2D eigenvalue weighted by atomic mass is 32.2. The van der Waals surface area contributed by atoms with Crippen molar-refractivity contribution in [1.29, 1.82) is 0 Å². The van der Waals surface area contributed by atoms with Crippen molar-refractivity contribution >= 4 is 15.9 Å². The second kappa shape index (κ2) is 11.2. The maximum Gasteiger partial charge on any atom is 0.256 e. The highest BCUT2D eigenvalue weighted by molar-refractivity contribution is 7.90. The number of hydrogen-bond acceptors (Lipinski definition) is 5. The topological polar surface area (TPSA) is 96.5 Å². The minimum absolute atomic E-state index is 0.0350. The van der Waals surface area contributed by atoms with Crippen LogP contribution in [0.1, 0.15) is 34.3 Å². The summed E-state index contributed by atoms with van der Waals surface area (Å²) < 4.78 is 49.2. The van der Waals surface area contributed by atoms with Crippen molar-refractivity contribution in [3.05, 3.63) is 101 Å². The lowest BCUT2D eigenvalue weighted by molar-refractivity contribution is 0.0922. The van der Waals surface area contributed by atoms with Gasteiger partial charge in [-0.05, 0) is 61.3 Å². The van der Waals surface area contributed by atoms with Crippen LogP contribution in [0.15, 0.2) is 78.9 Å². The van der Waals surface area contributed by atoms with E-state index >= 15 is 0 Å². The van der Waals surface area contributed by atoms with E-state index in [4.69, 9.17) is 4.74 Å². The summed E-state index contributed by atoms with van der Waals surface area (Å²) in [6, 6.07) is 21.7. The van der Waals surface area contributed by atoms with Crippen LogP contribution in [0.2, 0.25) is 0 Å². The van der Waals surface area contributed by atoms with Crippen LogP contribution in [0.5, 0.6) is 5.75 Å². The molecule has 1 aliphatic heterocycles. The third-order valence-corrected chi connectivity index (χ3v) is 8.40. The van der Waals surface area contributed by atoms with Crippen molar-refractivity contribution < 1.29 is 22.3 Å². The molecule has 4 rings (SSSR count). The second-order valence-corrected chi connectivity index (χ2v) is 10.7. The highest BCUT2D eigenvalue weighted by Crippen LogP contribution is 2.39. The molecule has 9 heteroatoms. The molecule has 3 aromatic carbocycles. The van der Waals surface area contributed by atoms with E-state index in [1.807, 2.05) is 30.3 Å². The first kappa shape index (κ1) is 25.8. The van der Waals surface area contributed by atoms with Gasteiger partial charge >= 0.3 is 0 Å². The van der Waals surface area contributed by atoms with Gasteiger partial charge < -0.3 is 15.4 Å². The average Bonchev–Trinajstić information content (AvgIpc) is 2.92. The molecule has 190 valence electrons. The maximum absolute atomic E-state index is 13.9. The average molecular weight is 512 g/mol. The van der Waals surface area contributed by atoms with Crippen LogP contribution in [-0.2, 0) is 22.0 Å². The molecule has 0 radical (unpaired) electrons. The van der Waals surface area contributed by atoms with E-state index in [-0.39, 0.29) is 12.1 Å². The van der Waals surface area contributed by atoms with Crippen molar-refractivity contribution in [2.24, 2.45) is 0 Å². The molecular weight excluding hydrogens is 481 g/mol. The SMILES string of the molecule is COc1ccccc1C(=O)NC(C1(c2ccccc2)CCNCC1)S(=O)(=O)NCc1ccc(F)cc1. The maximum atomic E-state index is 13.9. The normalized spacial score (nSPS) is 16.2. The number of ether oxygens (including phenoxy) is 1. The molecule has 1 saturated heterocycles. The third kappa shape index (κ3) is 5.59. The molecule has 0 aromatic heterocycles. The number of halogens is 1. The van der Waals surface area contributed by atoms with Gasteiger partial charge in [-0.3, -0.25) is 4.79 Å². The van der Waals surface area contributed by atoms with Crippen LogP contribution in [-0.4, -0.2) is 39.9 Å². The van der Waals surface area contributed by atoms with E-state index in [0.717, 1.165) is 5.56 Å². The Labute approximate surface area is 211 Å². The summed E-state index contributed by atoms with van der Waals surface area (Å²) in [7, 11) is -2.64. The molecular formula is C27H30FN3O4S. The standard InChI is InChI=1S/C27H30FN3O4S/c1-35-24-10-6-5-9-23(24)25(32)31-26(36(33,34)30-19-20-11-13-22(28)14-12-20)27(15-17-29-18-16-27)21-7-3-2-4-8-21/h2-14,26,29-30H,15-19H2,1H3,(H,31,32). The number of rotatable bonds is 9. The summed E-state index contributed by atoms with van der Waals surface area (Å²) in [5.41, 5.74) is 0.812. The van der Waals surface area contributed by atoms with Gasteiger partial charge in [0.05, 0.1) is 12.7 Å². The summed E-state index contributed by atoms with van der Waals surface area (Å²) in [5.74, 6) is -0.593. The van der Waals surface area contributed by atoms with Crippen LogP contribution in [0.25, 0.3) is 0 Å². The van der Waals surface area contributed by atoms with E-state index in [2.05, 4.69) is 15.4 Å². The van der Waals surface area contributed by atoms with Gasteiger partial charge in [0.1, 0.15) is 11.6 Å². The molecule has 1 aliphatic rings. The molecule has 1 fully saturated rings. The monoisotopic (exact) mass is 511 g/mol. The number of nitrogens with one attached hydrogen (secondary N) is 3. The van der Waals surface area contributed by atoms with E-state index in [1.54, 1.807) is 24.3 Å². The summed E-state index contributed by atoms with van der Waals surface area (Å²) >= 11 is 0. The summed E-state index contributed by atoms with van der Waals surface area (Å²) in [6.45, 7) is 1.17. The lowest BCUT2D eigenvalue weighted by Gasteiger charge is -2.44. The molecule has 0 saturated carbocycles. The quantitative estimate of drug-likeness (QED) is 0.410. The minimum Gasteiger partial charge on any atom is -0.496 e. The van der Waals surface area contributed by atoms with Crippen LogP contribution in [0.4, 0.5) is 4.39 Å². The molecule has 0 aliphatic carbocycles. The Bertz CT molecular complexity index is 1280. The molecule has 1 atom stereocenters. The fraction of sp³-hybridized carbons (Fsp3) is 0.296. The first-order chi connectivity index (χ1) is 17.4. The predicted molar refractivity (Wildman–Crippen MR) is 137 cm³/mol. The van der Waals surface area contributed by atoms with E-state index in [1.165, 1.54) is 31.4 Å². The van der Waals surface area contributed by atoms with Gasteiger partial charge in [-0.1, -0.05) is 54.6 Å². The zero-order valence-electron chi connectivity index (χ0n) is 20.0. The molecule has 3 N–H and O–H groups in total. The lowest BCUT2D eigenvalue weighted by Crippen LogP contribution is -2.60. The van der Waals surface area contributed by atoms with Gasteiger partial charge in [0, 0.05) is 12.0 Å². The molecule has 7 nitrogen and oxygen atoms in total. The smallest absolute Gasteiger partial charge is 0.256 e. The third-order valence-electron chi connectivity index (χ3n) is 6.66. The Morgan fingerprint density at radius 1 is 1.00 bits per heavy atom. The number of hydrogen-bond donors (Lipinski definition) is 3. The lowest BCUT2D eigenvalue weighted by atomic mass is 9.72. The van der Waals surface area contributed by atoms with Gasteiger partial charge in [0.25, 0.3) is 5.91 Å². The number of sulfonamides is 1. The van der Waals surface area contributed by atoms with Gasteiger partial charge in [-0.25, -0.2) is 17.5 Å². The van der Waals surface area contributed by atoms with Gasteiger partial charge in [0.15, 0.2) is 5.37 Å². The fourth-order valence-corrected chi connectivity index (χ4v) is 6.52. The van der Waals surface area contributed by atoms with E-state index in [9.17, 15) is 17.6 Å². The van der Waals surface area contributed by atoms with Crippen molar-refractivity contribution in [3.63, 3.8) is 0 Å². The Morgan fingerprint density at radius 2 is 1.64 bits per heavy atom. The predicted octanol–water partition coefficient (Wildman–Crippen LogP) is 3.33. The number of carbonyl (C=O) groups excluding carboxylic acids is 1. The first-order valence-corrected chi connectivity index (χ1v) is 13.3. The molecule has 1 amide bonds. The molecule has 1 unspecified atom stereocenters. The van der Waals surface area contributed by atoms with Crippen LogP contribution >= 0.6 is 0 Å². The van der Waals surface area contributed by atoms with Gasteiger partial charge in [0.2, 0.25) is 10.0 Å². The van der Waals surface area contributed by atoms with Crippen molar-refractivity contribution in [2.45, 2.75) is 30.2 Å². The summed E-state index contributed by atoms with van der Waals surface area (Å²) in [6.07, 6.45) is 1.01. The molecule has 0 bridgehead atoms. The number of methoxy groups -OCH3 is 1. The van der Waals surface area contributed by atoms with Gasteiger partial charge in [-0.2, -0.15) is 0 Å². The van der Waals surface area contributed by atoms with Crippen molar-refractivity contribution in [1.82, 2.24) is 15.4 Å². The van der Waals surface area contributed by atoms with E-state index in [0.29, 0.717) is 37.2 Å². The number of para-hydroxylation sites is 1. The Hall–Kier alpha value is -3.27. The van der Waals surface area contributed by atoms with Crippen LogP contribution in [0.3, 0.4) is 0 Å². The summed E-state index contributed by atoms with van der Waals surface area (Å²) in [5, 5.41) is 4.87. The first-order valence-electron chi connectivity index (χ1n) is 11.8. The van der Waals surface area contributed by atoms with Crippen LogP contribution < -0.4 is 20.1 Å². The van der Waals surface area contributed by atoms with Crippen molar-refractivity contribution in [2.75, 3.05) is 20.2 Å². The van der Waals surface area contributed by atoms with Gasteiger partial charge in [-0.15, -0.1) is 0 Å². The number of carbonyl (C=O) groups is 1. The largest absolute Gasteiger partial charge is 0.496 e.